The van der Waals surface area contributed by atoms with Crippen molar-refractivity contribution in [1.82, 2.24) is 10.6 Å². The minimum atomic E-state index is -0.0424. The molecule has 94 valence electrons. The average molecular weight is 236 g/mol. The van der Waals surface area contributed by atoms with E-state index in [0.29, 0.717) is 12.3 Å². The second kappa shape index (κ2) is 5.87. The van der Waals surface area contributed by atoms with Crippen LogP contribution in [-0.4, -0.2) is 19.0 Å². The lowest BCUT2D eigenvalue weighted by Crippen LogP contribution is -2.26. The average Bonchev–Trinajstić information content (AvgIpc) is 2.99. The van der Waals surface area contributed by atoms with Gasteiger partial charge in [0, 0.05) is 6.42 Å². The number of furan rings is 1. The van der Waals surface area contributed by atoms with Crippen LogP contribution in [0.2, 0.25) is 0 Å². The Hall–Kier alpha value is -1.29. The molecule has 1 aliphatic rings. The van der Waals surface area contributed by atoms with Crippen LogP contribution < -0.4 is 10.6 Å². The molecule has 1 aliphatic heterocycles. The monoisotopic (exact) mass is 236 g/mol. The van der Waals surface area contributed by atoms with Crippen molar-refractivity contribution >= 4 is 5.91 Å². The van der Waals surface area contributed by atoms with Crippen LogP contribution in [0, 0.1) is 5.92 Å². The van der Waals surface area contributed by atoms with Gasteiger partial charge in [-0.25, -0.2) is 0 Å². The molecule has 4 heteroatoms. The van der Waals surface area contributed by atoms with Gasteiger partial charge < -0.3 is 15.1 Å². The molecule has 0 saturated carbocycles. The molecule has 2 unspecified atom stereocenters. The first-order chi connectivity index (χ1) is 8.25. The van der Waals surface area contributed by atoms with Crippen molar-refractivity contribution in [3.63, 3.8) is 0 Å². The van der Waals surface area contributed by atoms with Gasteiger partial charge in [-0.3, -0.25) is 4.79 Å². The van der Waals surface area contributed by atoms with Gasteiger partial charge >= 0.3 is 0 Å². The van der Waals surface area contributed by atoms with Gasteiger partial charge in [-0.05, 0) is 50.9 Å². The zero-order valence-corrected chi connectivity index (χ0v) is 10.2. The molecule has 2 rings (SSSR count). The standard InChI is InChI=1S/C13H20N2O2/c1-10(12-3-2-8-17-12)15-13(16)5-4-11-6-7-14-9-11/h2-3,8,10-11,14H,4-7,9H2,1H3,(H,15,16). The highest BCUT2D eigenvalue weighted by atomic mass is 16.3. The molecule has 0 spiro atoms. The van der Waals surface area contributed by atoms with E-state index in [2.05, 4.69) is 10.6 Å². The third-order valence-corrected chi connectivity index (χ3v) is 3.29. The van der Waals surface area contributed by atoms with E-state index in [1.807, 2.05) is 19.1 Å². The predicted molar refractivity (Wildman–Crippen MR) is 65.5 cm³/mol. The van der Waals surface area contributed by atoms with Crippen LogP contribution in [0.15, 0.2) is 22.8 Å². The highest BCUT2D eigenvalue weighted by Gasteiger charge is 2.17. The zero-order valence-electron chi connectivity index (χ0n) is 10.2. The third-order valence-electron chi connectivity index (χ3n) is 3.29. The first-order valence-corrected chi connectivity index (χ1v) is 6.29. The molecular formula is C13H20N2O2. The number of amides is 1. The van der Waals surface area contributed by atoms with Crippen LogP contribution >= 0.6 is 0 Å². The number of carbonyl (C=O) groups excluding carboxylic acids is 1. The van der Waals surface area contributed by atoms with Crippen molar-refractivity contribution in [2.45, 2.75) is 32.2 Å². The van der Waals surface area contributed by atoms with Crippen molar-refractivity contribution in [2.75, 3.05) is 13.1 Å². The molecule has 1 fully saturated rings. The van der Waals surface area contributed by atoms with Gasteiger partial charge in [-0.1, -0.05) is 0 Å². The number of nitrogens with one attached hydrogen (secondary N) is 2. The largest absolute Gasteiger partial charge is 0.467 e. The second-order valence-corrected chi connectivity index (χ2v) is 4.70. The molecule has 2 heterocycles. The van der Waals surface area contributed by atoms with E-state index in [1.54, 1.807) is 6.26 Å². The molecular weight excluding hydrogens is 216 g/mol. The van der Waals surface area contributed by atoms with E-state index in [1.165, 1.54) is 6.42 Å². The van der Waals surface area contributed by atoms with Crippen LogP contribution in [0.25, 0.3) is 0 Å². The molecule has 1 saturated heterocycles. The van der Waals surface area contributed by atoms with Crippen molar-refractivity contribution in [3.05, 3.63) is 24.2 Å². The molecule has 2 atom stereocenters. The second-order valence-electron chi connectivity index (χ2n) is 4.70. The fourth-order valence-corrected chi connectivity index (χ4v) is 2.22. The Kier molecular flexibility index (Phi) is 4.20. The van der Waals surface area contributed by atoms with E-state index in [9.17, 15) is 4.79 Å². The van der Waals surface area contributed by atoms with Gasteiger partial charge in [0.25, 0.3) is 0 Å². The summed E-state index contributed by atoms with van der Waals surface area (Å²) in [7, 11) is 0. The molecule has 0 aromatic carbocycles. The minimum absolute atomic E-state index is 0.0424. The predicted octanol–water partition coefficient (Wildman–Crippen LogP) is 1.85. The maximum atomic E-state index is 11.7. The van der Waals surface area contributed by atoms with E-state index < -0.39 is 0 Å². The van der Waals surface area contributed by atoms with Gasteiger partial charge in [0.1, 0.15) is 5.76 Å². The Morgan fingerprint density at radius 1 is 1.71 bits per heavy atom. The molecule has 17 heavy (non-hydrogen) atoms. The van der Waals surface area contributed by atoms with Gasteiger partial charge in [0.15, 0.2) is 0 Å². The van der Waals surface area contributed by atoms with Crippen molar-refractivity contribution in [2.24, 2.45) is 5.92 Å². The van der Waals surface area contributed by atoms with Crippen molar-refractivity contribution in [1.29, 1.82) is 0 Å². The number of hydrogen-bond acceptors (Lipinski definition) is 3. The van der Waals surface area contributed by atoms with Gasteiger partial charge in [0.05, 0.1) is 12.3 Å². The third kappa shape index (κ3) is 3.60. The van der Waals surface area contributed by atoms with Gasteiger partial charge in [-0.2, -0.15) is 0 Å². The van der Waals surface area contributed by atoms with Crippen molar-refractivity contribution < 1.29 is 9.21 Å². The smallest absolute Gasteiger partial charge is 0.220 e. The minimum Gasteiger partial charge on any atom is -0.467 e. The quantitative estimate of drug-likeness (QED) is 0.820. The van der Waals surface area contributed by atoms with Gasteiger partial charge in [0.2, 0.25) is 5.91 Å². The summed E-state index contributed by atoms with van der Waals surface area (Å²) in [6.45, 7) is 4.09. The maximum absolute atomic E-state index is 11.7. The molecule has 0 aliphatic carbocycles. The van der Waals surface area contributed by atoms with E-state index in [0.717, 1.165) is 25.3 Å². The fraction of sp³-hybridized carbons (Fsp3) is 0.615. The first-order valence-electron chi connectivity index (χ1n) is 6.29. The van der Waals surface area contributed by atoms with Crippen molar-refractivity contribution in [3.8, 4) is 0 Å². The molecule has 1 amide bonds. The molecule has 0 bridgehead atoms. The first kappa shape index (κ1) is 12.2. The summed E-state index contributed by atoms with van der Waals surface area (Å²) in [6.07, 6.45) is 4.41. The van der Waals surface area contributed by atoms with Crippen LogP contribution in [0.1, 0.15) is 38.0 Å². The Balaban J connectivity index is 1.69. The fourth-order valence-electron chi connectivity index (χ4n) is 2.22. The molecule has 4 nitrogen and oxygen atoms in total. The zero-order chi connectivity index (χ0) is 12.1. The topological polar surface area (TPSA) is 54.3 Å². The number of carbonyl (C=O) groups is 1. The summed E-state index contributed by atoms with van der Waals surface area (Å²) in [5, 5.41) is 6.27. The molecule has 2 N–H and O–H groups in total. The van der Waals surface area contributed by atoms with Crippen LogP contribution in [0.3, 0.4) is 0 Å². The summed E-state index contributed by atoms with van der Waals surface area (Å²) in [5.41, 5.74) is 0. The summed E-state index contributed by atoms with van der Waals surface area (Å²) < 4.78 is 5.25. The summed E-state index contributed by atoms with van der Waals surface area (Å²) in [4.78, 5) is 11.7. The lowest BCUT2D eigenvalue weighted by molar-refractivity contribution is -0.122. The SMILES string of the molecule is CC(NC(=O)CCC1CCNC1)c1ccco1. The molecule has 1 aromatic rings. The maximum Gasteiger partial charge on any atom is 0.220 e. The van der Waals surface area contributed by atoms with E-state index in [4.69, 9.17) is 4.42 Å². The highest BCUT2D eigenvalue weighted by Crippen LogP contribution is 2.16. The van der Waals surface area contributed by atoms with Crippen LogP contribution in [-0.2, 0) is 4.79 Å². The Labute approximate surface area is 102 Å². The van der Waals surface area contributed by atoms with E-state index >= 15 is 0 Å². The Morgan fingerprint density at radius 3 is 3.24 bits per heavy atom. The molecule has 1 aromatic heterocycles. The van der Waals surface area contributed by atoms with Crippen LogP contribution in [0.4, 0.5) is 0 Å². The van der Waals surface area contributed by atoms with Gasteiger partial charge in [-0.15, -0.1) is 0 Å². The summed E-state index contributed by atoms with van der Waals surface area (Å²) in [6, 6.07) is 3.67. The van der Waals surface area contributed by atoms with Crippen LogP contribution in [0.5, 0.6) is 0 Å². The summed E-state index contributed by atoms with van der Waals surface area (Å²) >= 11 is 0. The lowest BCUT2D eigenvalue weighted by Gasteiger charge is -2.12. The Morgan fingerprint density at radius 2 is 2.59 bits per heavy atom. The molecule has 0 radical (unpaired) electrons. The normalized spacial score (nSPS) is 21.4. The Bertz CT molecular complexity index is 342. The number of rotatable bonds is 5. The highest BCUT2D eigenvalue weighted by molar-refractivity contribution is 5.76. The summed E-state index contributed by atoms with van der Waals surface area (Å²) in [5.74, 6) is 1.58. The number of hydrogen-bond donors (Lipinski definition) is 2. The lowest BCUT2D eigenvalue weighted by atomic mass is 10.0. The van der Waals surface area contributed by atoms with E-state index in [-0.39, 0.29) is 11.9 Å².